The number of nitrogens with one attached hydrogen (secondary N) is 1. The summed E-state index contributed by atoms with van der Waals surface area (Å²) in [5, 5.41) is 3.42. The third-order valence-electron chi connectivity index (χ3n) is 5.10. The Balaban J connectivity index is 0.00000364. The smallest absolute Gasteiger partial charge is 0.217 e. The molecule has 27 heavy (non-hydrogen) atoms. The van der Waals surface area contributed by atoms with E-state index in [2.05, 4.69) is 62.2 Å². The minimum absolute atomic E-state index is 0. The van der Waals surface area contributed by atoms with Gasteiger partial charge in [-0.05, 0) is 38.2 Å². The molecule has 0 aliphatic carbocycles. The predicted molar refractivity (Wildman–Crippen MR) is 124 cm³/mol. The summed E-state index contributed by atoms with van der Waals surface area (Å²) in [6, 6.07) is 8.71. The lowest BCUT2D eigenvalue weighted by molar-refractivity contribution is -0.119. The molecular formula is C21H35IN4O. The first-order valence-corrected chi connectivity index (χ1v) is 9.70. The molecule has 6 heteroatoms. The molecule has 1 aromatic carbocycles. The van der Waals surface area contributed by atoms with Crippen molar-refractivity contribution in [3.63, 3.8) is 0 Å². The molecule has 2 rings (SSSR count). The number of nitrogens with zero attached hydrogens (tertiary/aromatic N) is 2. The molecule has 152 valence electrons. The number of guanidine groups is 1. The zero-order chi connectivity index (χ0) is 19.2. The topological polar surface area (TPSA) is 70.7 Å². The minimum atomic E-state index is -0.209. The van der Waals surface area contributed by atoms with Gasteiger partial charge in [-0.1, -0.05) is 43.7 Å². The monoisotopic (exact) mass is 486 g/mol. The molecule has 0 saturated carbocycles. The third-order valence-corrected chi connectivity index (χ3v) is 5.10. The number of primary amides is 1. The first-order chi connectivity index (χ1) is 12.3. The normalized spacial score (nSPS) is 18.0. The Hall–Kier alpha value is -1.31. The van der Waals surface area contributed by atoms with Crippen LogP contribution >= 0.6 is 24.0 Å². The number of hydrogen-bond acceptors (Lipinski definition) is 2. The van der Waals surface area contributed by atoms with Crippen LogP contribution in [0.1, 0.15) is 51.2 Å². The van der Waals surface area contributed by atoms with Gasteiger partial charge in [-0.2, -0.15) is 0 Å². The van der Waals surface area contributed by atoms with Crippen molar-refractivity contribution in [1.29, 1.82) is 0 Å². The lowest BCUT2D eigenvalue weighted by atomic mass is 9.84. The molecular weight excluding hydrogens is 451 g/mol. The van der Waals surface area contributed by atoms with Crippen LogP contribution in [0.3, 0.4) is 0 Å². The SMILES string of the molecule is CCNC(=NCC(C)(C)c1ccc(C)cc1)N1CCCC(CC(N)=O)C1.I. The fraction of sp³-hybridized carbons (Fsp3) is 0.619. The van der Waals surface area contributed by atoms with Crippen LogP contribution in [0.25, 0.3) is 0 Å². The van der Waals surface area contributed by atoms with E-state index in [1.54, 1.807) is 0 Å². The molecule has 1 aromatic rings. The average molecular weight is 486 g/mol. The van der Waals surface area contributed by atoms with Crippen LogP contribution in [0, 0.1) is 12.8 Å². The van der Waals surface area contributed by atoms with Gasteiger partial charge in [0.1, 0.15) is 0 Å². The standard InChI is InChI=1S/C21H34N4O.HI/c1-5-23-20(25-12-6-7-17(14-25)13-19(22)26)24-15-21(3,4)18-10-8-16(2)9-11-18;/h8-11,17H,5-7,12-15H2,1-4H3,(H2,22,26)(H,23,24);1H. The number of hydrogen-bond donors (Lipinski definition) is 2. The largest absolute Gasteiger partial charge is 0.370 e. The number of amides is 1. The van der Waals surface area contributed by atoms with E-state index in [9.17, 15) is 4.79 Å². The zero-order valence-corrected chi connectivity index (χ0v) is 19.5. The van der Waals surface area contributed by atoms with Gasteiger partial charge in [0.25, 0.3) is 0 Å². The van der Waals surface area contributed by atoms with E-state index in [1.807, 2.05) is 0 Å². The summed E-state index contributed by atoms with van der Waals surface area (Å²) >= 11 is 0. The lowest BCUT2D eigenvalue weighted by Crippen LogP contribution is -2.47. The average Bonchev–Trinajstić information content (AvgIpc) is 2.58. The Morgan fingerprint density at radius 2 is 2.00 bits per heavy atom. The molecule has 5 nitrogen and oxygen atoms in total. The van der Waals surface area contributed by atoms with Crippen LogP contribution in [-0.4, -0.2) is 42.9 Å². The number of aryl methyl sites for hydroxylation is 1. The molecule has 1 heterocycles. The Bertz CT molecular complexity index is 628. The number of halogens is 1. The molecule has 0 spiro atoms. The highest BCUT2D eigenvalue weighted by Gasteiger charge is 2.25. The number of carbonyl (C=O) groups excluding carboxylic acids is 1. The maximum Gasteiger partial charge on any atom is 0.217 e. The van der Waals surface area contributed by atoms with Crippen LogP contribution in [0.15, 0.2) is 29.3 Å². The summed E-state index contributed by atoms with van der Waals surface area (Å²) < 4.78 is 0. The van der Waals surface area contributed by atoms with Crippen molar-refractivity contribution in [2.24, 2.45) is 16.6 Å². The van der Waals surface area contributed by atoms with Crippen LogP contribution < -0.4 is 11.1 Å². The highest BCUT2D eigenvalue weighted by atomic mass is 127. The van der Waals surface area contributed by atoms with E-state index in [0.29, 0.717) is 12.3 Å². The first kappa shape index (κ1) is 23.7. The molecule has 1 unspecified atom stereocenters. The van der Waals surface area contributed by atoms with E-state index >= 15 is 0 Å². The number of likely N-dealkylation sites (tertiary alicyclic amines) is 1. The highest BCUT2D eigenvalue weighted by Crippen LogP contribution is 2.24. The summed E-state index contributed by atoms with van der Waals surface area (Å²) in [5.74, 6) is 1.07. The molecule has 1 amide bonds. The van der Waals surface area contributed by atoms with Gasteiger partial charge in [0.2, 0.25) is 5.91 Å². The van der Waals surface area contributed by atoms with Crippen molar-refractivity contribution in [3.05, 3.63) is 35.4 Å². The number of rotatable bonds is 6. The molecule has 0 bridgehead atoms. The summed E-state index contributed by atoms with van der Waals surface area (Å²) in [5.41, 5.74) is 7.93. The second-order valence-electron chi connectivity index (χ2n) is 8.04. The maximum atomic E-state index is 11.3. The Kier molecular flexibility index (Phi) is 9.56. The summed E-state index contributed by atoms with van der Waals surface area (Å²) in [4.78, 5) is 18.5. The molecule has 1 atom stereocenters. The first-order valence-electron chi connectivity index (χ1n) is 9.70. The predicted octanol–water partition coefficient (Wildman–Crippen LogP) is 3.44. The van der Waals surface area contributed by atoms with E-state index in [4.69, 9.17) is 10.7 Å². The van der Waals surface area contributed by atoms with Crippen molar-refractivity contribution < 1.29 is 4.79 Å². The summed E-state index contributed by atoms with van der Waals surface area (Å²) in [6.07, 6.45) is 2.60. The fourth-order valence-electron chi connectivity index (χ4n) is 3.50. The van der Waals surface area contributed by atoms with Crippen molar-refractivity contribution in [3.8, 4) is 0 Å². The van der Waals surface area contributed by atoms with Crippen molar-refractivity contribution in [2.75, 3.05) is 26.2 Å². The van der Waals surface area contributed by atoms with Crippen LogP contribution in [0.5, 0.6) is 0 Å². The van der Waals surface area contributed by atoms with Crippen molar-refractivity contribution in [1.82, 2.24) is 10.2 Å². The van der Waals surface area contributed by atoms with Gasteiger partial charge in [-0.15, -0.1) is 24.0 Å². The molecule has 0 aromatic heterocycles. The zero-order valence-electron chi connectivity index (χ0n) is 17.1. The van der Waals surface area contributed by atoms with Crippen molar-refractivity contribution >= 4 is 35.8 Å². The van der Waals surface area contributed by atoms with Crippen LogP contribution in [0.2, 0.25) is 0 Å². The van der Waals surface area contributed by atoms with Gasteiger partial charge < -0.3 is 16.0 Å². The van der Waals surface area contributed by atoms with Crippen molar-refractivity contribution in [2.45, 2.75) is 52.4 Å². The van der Waals surface area contributed by atoms with E-state index in [-0.39, 0.29) is 35.3 Å². The number of carbonyl (C=O) groups is 1. The summed E-state index contributed by atoms with van der Waals surface area (Å²) in [6.45, 7) is 12.0. The highest BCUT2D eigenvalue weighted by molar-refractivity contribution is 14.0. The number of nitrogens with two attached hydrogens (primary N) is 1. The van der Waals surface area contributed by atoms with E-state index in [1.165, 1.54) is 11.1 Å². The fourth-order valence-corrected chi connectivity index (χ4v) is 3.50. The van der Waals surface area contributed by atoms with E-state index < -0.39 is 0 Å². The second kappa shape index (κ2) is 10.9. The second-order valence-corrected chi connectivity index (χ2v) is 8.04. The molecule has 3 N–H and O–H groups in total. The van der Waals surface area contributed by atoms with Gasteiger partial charge in [0.15, 0.2) is 5.96 Å². The summed E-state index contributed by atoms with van der Waals surface area (Å²) in [7, 11) is 0. The van der Waals surface area contributed by atoms with Gasteiger partial charge in [-0.25, -0.2) is 0 Å². The molecule has 1 saturated heterocycles. The molecule has 1 fully saturated rings. The van der Waals surface area contributed by atoms with Gasteiger partial charge in [-0.3, -0.25) is 9.79 Å². The maximum absolute atomic E-state index is 11.3. The molecule has 0 radical (unpaired) electrons. The van der Waals surface area contributed by atoms with E-state index in [0.717, 1.165) is 45.0 Å². The minimum Gasteiger partial charge on any atom is -0.370 e. The van der Waals surface area contributed by atoms with Crippen LogP contribution in [0.4, 0.5) is 0 Å². The molecule has 1 aliphatic rings. The number of aliphatic imine (C=N–C) groups is 1. The van der Waals surface area contributed by atoms with Crippen LogP contribution in [-0.2, 0) is 10.2 Å². The molecule has 1 aliphatic heterocycles. The quantitative estimate of drug-likeness (QED) is 0.368. The third kappa shape index (κ3) is 7.31. The lowest BCUT2D eigenvalue weighted by Gasteiger charge is -2.35. The Labute approximate surface area is 181 Å². The number of piperidine rings is 1. The van der Waals surface area contributed by atoms with Gasteiger partial charge in [0, 0.05) is 31.5 Å². The Morgan fingerprint density at radius 3 is 2.59 bits per heavy atom. The van der Waals surface area contributed by atoms with Gasteiger partial charge >= 0.3 is 0 Å². The van der Waals surface area contributed by atoms with Gasteiger partial charge in [0.05, 0.1) is 6.54 Å². The number of benzene rings is 1. The Morgan fingerprint density at radius 1 is 1.33 bits per heavy atom.